The minimum Gasteiger partial charge on any atom is -0.309 e. The molecule has 3 heterocycles. The fourth-order valence-corrected chi connectivity index (χ4v) is 13.3. The van der Waals surface area contributed by atoms with Crippen molar-refractivity contribution in [2.75, 3.05) is 0 Å². The van der Waals surface area contributed by atoms with Gasteiger partial charge in [0.2, 0.25) is 0 Å². The van der Waals surface area contributed by atoms with Crippen LogP contribution >= 0.6 is 11.3 Å². The minimum atomic E-state index is -0.759. The molecule has 11 aromatic carbocycles. The maximum atomic E-state index is 5.79. The van der Waals surface area contributed by atoms with E-state index in [4.69, 9.17) is 4.98 Å². The smallest absolute Gasteiger partial charge is 0.0886 e. The molecule has 14 aromatic rings. The van der Waals surface area contributed by atoms with Gasteiger partial charge in [-0.1, -0.05) is 200 Å². The van der Waals surface area contributed by atoms with E-state index in [1.807, 2.05) is 11.3 Å². The van der Waals surface area contributed by atoms with E-state index in [0.717, 1.165) is 33.8 Å². The number of nitrogens with zero attached hydrogens (tertiary/aromatic N) is 2. The lowest BCUT2D eigenvalue weighted by atomic mass is 9.69. The number of benzene rings is 11. The molecule has 0 spiro atoms. The van der Waals surface area contributed by atoms with Crippen molar-refractivity contribution in [2.24, 2.45) is 0 Å². The van der Waals surface area contributed by atoms with Crippen LogP contribution in [0.5, 0.6) is 0 Å². The molecule has 2 nitrogen and oxygen atoms in total. The molecule has 1 unspecified atom stereocenters. The number of hydrogen-bond donors (Lipinski definition) is 0. The van der Waals surface area contributed by atoms with E-state index in [9.17, 15) is 0 Å². The molecule has 0 N–H and O–H groups in total. The van der Waals surface area contributed by atoms with Gasteiger partial charge in [0, 0.05) is 42.2 Å². The number of fused-ring (bicyclic) bond motifs is 9. The lowest BCUT2D eigenvalue weighted by Crippen LogP contribution is -2.30. The summed E-state index contributed by atoms with van der Waals surface area (Å²) in [6.07, 6.45) is 0. The molecule has 0 fully saturated rings. The summed E-state index contributed by atoms with van der Waals surface area (Å²) in [5, 5.41) is 5.09. The number of hydrogen-bond acceptors (Lipinski definition) is 2. The minimum absolute atomic E-state index is 0.759. The van der Waals surface area contributed by atoms with Crippen LogP contribution in [0.15, 0.2) is 279 Å². The molecule has 0 amide bonds. The number of aromatic nitrogens is 2. The molecule has 0 saturated carbocycles. The summed E-state index contributed by atoms with van der Waals surface area (Å²) in [5.41, 5.74) is 21.2. The van der Waals surface area contributed by atoms with Crippen LogP contribution < -0.4 is 0 Å². The molecule has 15 rings (SSSR count). The molecule has 3 heteroatoms. The average molecular weight is 971 g/mol. The summed E-state index contributed by atoms with van der Waals surface area (Å²) < 4.78 is 5.02. The lowest BCUT2D eigenvalue weighted by Gasteiger charge is -2.33. The maximum absolute atomic E-state index is 5.79. The Morgan fingerprint density at radius 2 is 0.813 bits per heavy atom. The molecule has 1 aliphatic carbocycles. The SMILES string of the molecule is c1ccc(-c2cc(-c3ccccc3)nc(C3(c4ccccc4)c4ccc(-c5cccc(-c6ccc7sc8ccccc8c7c6)c5)cc4-c4cc(-c5ccc6c(c5)c5ccccc5n6-c5ccccc5)ccc43)c2)cc1. The zero-order valence-electron chi connectivity index (χ0n) is 40.9. The Hall–Kier alpha value is -9.41. The van der Waals surface area contributed by atoms with Crippen LogP contribution in [0.2, 0.25) is 0 Å². The zero-order valence-corrected chi connectivity index (χ0v) is 41.7. The maximum Gasteiger partial charge on any atom is 0.0886 e. The van der Waals surface area contributed by atoms with Gasteiger partial charge in [0.1, 0.15) is 0 Å². The van der Waals surface area contributed by atoms with Crippen molar-refractivity contribution >= 4 is 53.3 Å². The summed E-state index contributed by atoms with van der Waals surface area (Å²) in [6, 6.07) is 103. The first-order chi connectivity index (χ1) is 37.2. The summed E-state index contributed by atoms with van der Waals surface area (Å²) >= 11 is 1.86. The predicted molar refractivity (Wildman–Crippen MR) is 316 cm³/mol. The second-order valence-electron chi connectivity index (χ2n) is 19.8. The predicted octanol–water partition coefficient (Wildman–Crippen LogP) is 19.2. The summed E-state index contributed by atoms with van der Waals surface area (Å²) in [5.74, 6) is 0. The van der Waals surface area contributed by atoms with Gasteiger partial charge in [0.25, 0.3) is 0 Å². The van der Waals surface area contributed by atoms with Gasteiger partial charge in [-0.25, -0.2) is 0 Å². The van der Waals surface area contributed by atoms with Crippen molar-refractivity contribution in [2.45, 2.75) is 5.41 Å². The van der Waals surface area contributed by atoms with Gasteiger partial charge < -0.3 is 4.57 Å². The summed E-state index contributed by atoms with van der Waals surface area (Å²) in [6.45, 7) is 0. The van der Waals surface area contributed by atoms with Crippen molar-refractivity contribution in [1.82, 2.24) is 9.55 Å². The van der Waals surface area contributed by atoms with Gasteiger partial charge in [0.05, 0.1) is 27.8 Å². The van der Waals surface area contributed by atoms with Crippen molar-refractivity contribution < 1.29 is 0 Å². The highest BCUT2D eigenvalue weighted by Crippen LogP contribution is 2.58. The normalized spacial score (nSPS) is 13.9. The molecule has 0 saturated heterocycles. The molecule has 0 bridgehead atoms. The van der Waals surface area contributed by atoms with Gasteiger partial charge in [-0.2, -0.15) is 0 Å². The fraction of sp³-hybridized carbons (Fsp3) is 0.0139. The van der Waals surface area contributed by atoms with Gasteiger partial charge in [0.15, 0.2) is 0 Å². The monoisotopic (exact) mass is 970 g/mol. The first-order valence-electron chi connectivity index (χ1n) is 25.8. The average Bonchev–Trinajstić information content (AvgIpc) is 4.26. The van der Waals surface area contributed by atoms with Crippen molar-refractivity contribution in [3.8, 4) is 72.6 Å². The van der Waals surface area contributed by atoms with Crippen molar-refractivity contribution in [3.63, 3.8) is 0 Å². The van der Waals surface area contributed by atoms with Crippen molar-refractivity contribution in [3.05, 3.63) is 301 Å². The molecular formula is C72H46N2S. The molecular weight excluding hydrogens is 925 g/mol. The quantitative estimate of drug-likeness (QED) is 0.148. The van der Waals surface area contributed by atoms with Gasteiger partial charge in [-0.3, -0.25) is 4.98 Å². The van der Waals surface area contributed by atoms with Crippen LogP contribution in [0.1, 0.15) is 22.4 Å². The second kappa shape index (κ2) is 17.4. The number of para-hydroxylation sites is 2. The van der Waals surface area contributed by atoms with E-state index in [-0.39, 0.29) is 0 Å². The van der Waals surface area contributed by atoms with Crippen LogP contribution in [0.3, 0.4) is 0 Å². The van der Waals surface area contributed by atoms with Crippen LogP contribution in [0.25, 0.3) is 115 Å². The molecule has 0 aliphatic heterocycles. The molecule has 1 aliphatic rings. The van der Waals surface area contributed by atoms with E-state index in [1.165, 1.54) is 103 Å². The van der Waals surface area contributed by atoms with E-state index >= 15 is 0 Å². The largest absolute Gasteiger partial charge is 0.309 e. The Morgan fingerprint density at radius 3 is 1.52 bits per heavy atom. The molecule has 1 atom stereocenters. The van der Waals surface area contributed by atoms with E-state index in [0.29, 0.717) is 0 Å². The van der Waals surface area contributed by atoms with E-state index in [1.54, 1.807) is 0 Å². The number of pyridine rings is 1. The van der Waals surface area contributed by atoms with Crippen LogP contribution in [-0.2, 0) is 5.41 Å². The first-order valence-corrected chi connectivity index (χ1v) is 26.6. The van der Waals surface area contributed by atoms with Crippen LogP contribution in [0.4, 0.5) is 0 Å². The summed E-state index contributed by atoms with van der Waals surface area (Å²) in [4.78, 5) is 5.79. The Labute approximate surface area is 439 Å². The Balaban J connectivity index is 0.963. The Morgan fingerprint density at radius 1 is 0.307 bits per heavy atom. The third kappa shape index (κ3) is 6.97. The third-order valence-corrected chi connectivity index (χ3v) is 16.8. The number of thiophene rings is 1. The third-order valence-electron chi connectivity index (χ3n) is 15.7. The zero-order chi connectivity index (χ0) is 49.5. The second-order valence-corrected chi connectivity index (χ2v) is 20.9. The van der Waals surface area contributed by atoms with E-state index < -0.39 is 5.41 Å². The Kier molecular flexibility index (Phi) is 10.0. The number of rotatable bonds is 8. The standard InChI is InChI=1S/C72H46N2S/c1-5-18-47(19-6-1)55-45-66(48-20-7-2-8-21-48)73-71(46-55)72(56-24-9-3-10-25-56)64-36-32-51(49-22-17-23-50(40-49)54-35-39-70-63(44-54)59-29-14-16-31-69(59)75-70)41-60(64)61-42-52(33-37-65(61)72)53-34-38-68-62(43-53)58-28-13-15-30-67(58)74(68)57-26-11-4-12-27-57/h1-46H. The molecule has 350 valence electrons. The lowest BCUT2D eigenvalue weighted by molar-refractivity contribution is 0.736. The topological polar surface area (TPSA) is 17.8 Å². The van der Waals surface area contributed by atoms with Gasteiger partial charge in [-0.15, -0.1) is 11.3 Å². The summed E-state index contributed by atoms with van der Waals surface area (Å²) in [7, 11) is 0. The highest BCUT2D eigenvalue weighted by atomic mass is 32.1. The fourth-order valence-electron chi connectivity index (χ4n) is 12.2. The van der Waals surface area contributed by atoms with Crippen LogP contribution in [0, 0.1) is 0 Å². The highest BCUT2D eigenvalue weighted by molar-refractivity contribution is 7.25. The highest BCUT2D eigenvalue weighted by Gasteiger charge is 2.48. The molecule has 3 aromatic heterocycles. The van der Waals surface area contributed by atoms with Gasteiger partial charge in [-0.05, 0) is 151 Å². The van der Waals surface area contributed by atoms with E-state index in [2.05, 4.69) is 284 Å². The van der Waals surface area contributed by atoms with Crippen molar-refractivity contribution in [1.29, 1.82) is 0 Å². The van der Waals surface area contributed by atoms with Gasteiger partial charge >= 0.3 is 0 Å². The molecule has 0 radical (unpaired) electrons. The van der Waals surface area contributed by atoms with Crippen LogP contribution in [-0.4, -0.2) is 9.55 Å². The first kappa shape index (κ1) is 43.2. The Bertz CT molecular complexity index is 4460. The molecule has 75 heavy (non-hydrogen) atoms.